The molecule has 0 radical (unpaired) electrons. The lowest BCUT2D eigenvalue weighted by Gasteiger charge is -2.18. The zero-order valence-electron chi connectivity index (χ0n) is 23.0. The molecule has 1 amide bonds. The van der Waals surface area contributed by atoms with Gasteiger partial charge in [-0.15, -0.1) is 0 Å². The van der Waals surface area contributed by atoms with Gasteiger partial charge in [0.2, 0.25) is 5.91 Å². The molecule has 206 valence electrons. The topological polar surface area (TPSA) is 103 Å². The Morgan fingerprint density at radius 3 is 2.33 bits per heavy atom. The summed E-state index contributed by atoms with van der Waals surface area (Å²) in [5.41, 5.74) is 5.39. The number of ether oxygens (including phenoxy) is 1. The largest absolute Gasteiger partial charge is 0.491 e. The maximum atomic E-state index is 13.0. The number of carbonyl (C=O) groups excluding carboxylic acids is 1. The van der Waals surface area contributed by atoms with E-state index in [1.54, 1.807) is 46.7 Å². The minimum atomic E-state index is -3.86. The van der Waals surface area contributed by atoms with Crippen LogP contribution in [0.15, 0.2) is 59.5 Å². The standard InChI is InChI=1S/C29H34N4O5S/c1-6-32(7-2)27(34)19-25-28(31-33-22(5)18-21(4)30-29(25)33)23-12-14-24(15-13-23)37-16-17-38-39(35,36)26-11-9-8-10-20(26)3/h8-15,18H,6-7,16-17,19H2,1-5H3. The van der Waals surface area contributed by atoms with Crippen LogP contribution in [0.1, 0.15) is 36.4 Å². The third kappa shape index (κ3) is 6.29. The van der Waals surface area contributed by atoms with Gasteiger partial charge in [0.05, 0.1) is 17.0 Å². The number of amides is 1. The van der Waals surface area contributed by atoms with Crippen LogP contribution in [0, 0.1) is 20.8 Å². The summed E-state index contributed by atoms with van der Waals surface area (Å²) in [6.07, 6.45) is 0.196. The van der Waals surface area contributed by atoms with Crippen LogP contribution in [0.5, 0.6) is 5.75 Å². The second kappa shape index (κ2) is 12.0. The van der Waals surface area contributed by atoms with Crippen molar-refractivity contribution in [2.24, 2.45) is 0 Å². The Balaban J connectivity index is 1.51. The molecule has 10 heteroatoms. The molecule has 9 nitrogen and oxygen atoms in total. The van der Waals surface area contributed by atoms with Crippen LogP contribution >= 0.6 is 0 Å². The Morgan fingerprint density at radius 2 is 1.67 bits per heavy atom. The number of carbonyl (C=O) groups is 1. The fraction of sp³-hybridized carbons (Fsp3) is 0.345. The fourth-order valence-corrected chi connectivity index (χ4v) is 5.63. The number of nitrogens with zero attached hydrogens (tertiary/aromatic N) is 4. The second-order valence-corrected chi connectivity index (χ2v) is 10.8. The molecular formula is C29H34N4O5S. The Morgan fingerprint density at radius 1 is 0.974 bits per heavy atom. The maximum Gasteiger partial charge on any atom is 0.297 e. The normalized spacial score (nSPS) is 11.6. The van der Waals surface area contributed by atoms with Crippen molar-refractivity contribution in [3.8, 4) is 17.0 Å². The van der Waals surface area contributed by atoms with E-state index in [-0.39, 0.29) is 30.4 Å². The van der Waals surface area contributed by atoms with E-state index in [1.165, 1.54) is 6.07 Å². The highest BCUT2D eigenvalue weighted by atomic mass is 32.2. The molecule has 0 aliphatic rings. The Labute approximate surface area is 229 Å². The first kappa shape index (κ1) is 28.3. The van der Waals surface area contributed by atoms with E-state index in [0.29, 0.717) is 35.7 Å². The third-order valence-electron chi connectivity index (χ3n) is 6.52. The number of aryl methyl sites for hydroxylation is 3. The first-order chi connectivity index (χ1) is 18.6. The van der Waals surface area contributed by atoms with Gasteiger partial charge in [0.25, 0.3) is 10.1 Å². The van der Waals surface area contributed by atoms with Crippen molar-refractivity contribution in [1.29, 1.82) is 0 Å². The number of hydrogen-bond donors (Lipinski definition) is 0. The summed E-state index contributed by atoms with van der Waals surface area (Å²) in [7, 11) is -3.86. The summed E-state index contributed by atoms with van der Waals surface area (Å²) in [6, 6.07) is 16.0. The highest BCUT2D eigenvalue weighted by Crippen LogP contribution is 2.29. The molecule has 0 unspecified atom stereocenters. The van der Waals surface area contributed by atoms with E-state index in [2.05, 4.69) is 0 Å². The van der Waals surface area contributed by atoms with Crippen molar-refractivity contribution < 1.29 is 22.1 Å². The summed E-state index contributed by atoms with van der Waals surface area (Å²) in [5, 5.41) is 4.81. The van der Waals surface area contributed by atoms with E-state index in [0.717, 1.165) is 22.5 Å². The predicted octanol–water partition coefficient (Wildman–Crippen LogP) is 4.52. The number of fused-ring (bicyclic) bond motifs is 1. The van der Waals surface area contributed by atoms with Crippen LogP contribution in [0.25, 0.3) is 16.9 Å². The summed E-state index contributed by atoms with van der Waals surface area (Å²) >= 11 is 0. The van der Waals surface area contributed by atoms with Gasteiger partial charge in [-0.05, 0) is 76.6 Å². The van der Waals surface area contributed by atoms with Crippen molar-refractivity contribution in [3.63, 3.8) is 0 Å². The van der Waals surface area contributed by atoms with E-state index >= 15 is 0 Å². The molecule has 0 N–H and O–H groups in total. The number of benzene rings is 2. The summed E-state index contributed by atoms with van der Waals surface area (Å²) in [4.78, 5) is 19.7. The molecule has 39 heavy (non-hydrogen) atoms. The zero-order valence-corrected chi connectivity index (χ0v) is 23.8. The van der Waals surface area contributed by atoms with Gasteiger partial charge in [-0.2, -0.15) is 13.5 Å². The van der Waals surface area contributed by atoms with Crippen LogP contribution in [-0.4, -0.2) is 60.1 Å². The van der Waals surface area contributed by atoms with Gasteiger partial charge >= 0.3 is 0 Å². The highest BCUT2D eigenvalue weighted by molar-refractivity contribution is 7.86. The molecule has 2 heterocycles. The van der Waals surface area contributed by atoms with Crippen LogP contribution < -0.4 is 4.74 Å². The average molecular weight is 551 g/mol. The smallest absolute Gasteiger partial charge is 0.297 e. The Kier molecular flexibility index (Phi) is 8.66. The molecular weight excluding hydrogens is 516 g/mol. The monoisotopic (exact) mass is 550 g/mol. The van der Waals surface area contributed by atoms with Gasteiger partial charge in [-0.3, -0.25) is 8.98 Å². The second-order valence-electron chi connectivity index (χ2n) is 9.26. The van der Waals surface area contributed by atoms with Crippen LogP contribution in [0.2, 0.25) is 0 Å². The number of rotatable bonds is 11. The molecule has 4 rings (SSSR count). The maximum absolute atomic E-state index is 13.0. The first-order valence-electron chi connectivity index (χ1n) is 13.0. The first-order valence-corrected chi connectivity index (χ1v) is 14.4. The highest BCUT2D eigenvalue weighted by Gasteiger charge is 2.22. The number of aromatic nitrogens is 3. The van der Waals surface area contributed by atoms with E-state index in [9.17, 15) is 13.2 Å². The molecule has 0 aliphatic carbocycles. The SMILES string of the molecule is CCN(CC)C(=O)Cc1c(-c2ccc(OCCOS(=O)(=O)c3ccccc3C)cc2)nn2c(C)cc(C)nc12. The molecule has 0 saturated carbocycles. The molecule has 0 fully saturated rings. The van der Waals surface area contributed by atoms with Gasteiger partial charge in [-0.25, -0.2) is 9.50 Å². The van der Waals surface area contributed by atoms with Crippen molar-refractivity contribution in [2.75, 3.05) is 26.3 Å². The molecule has 0 bridgehead atoms. The third-order valence-corrected chi connectivity index (χ3v) is 7.99. The van der Waals surface area contributed by atoms with Crippen molar-refractivity contribution in [3.05, 3.63) is 77.1 Å². The van der Waals surface area contributed by atoms with E-state index < -0.39 is 10.1 Å². The fourth-order valence-electron chi connectivity index (χ4n) is 4.51. The van der Waals surface area contributed by atoms with Gasteiger partial charge in [0.15, 0.2) is 5.65 Å². The van der Waals surface area contributed by atoms with Crippen molar-refractivity contribution >= 4 is 21.7 Å². The molecule has 0 spiro atoms. The van der Waals surface area contributed by atoms with E-state index in [1.807, 2.05) is 45.9 Å². The molecule has 2 aromatic heterocycles. The Hall–Kier alpha value is -3.76. The molecule has 0 aliphatic heterocycles. The van der Waals surface area contributed by atoms with Crippen LogP contribution in [0.4, 0.5) is 0 Å². The van der Waals surface area contributed by atoms with Crippen LogP contribution in [-0.2, 0) is 25.5 Å². The lowest BCUT2D eigenvalue weighted by molar-refractivity contribution is -0.130. The van der Waals surface area contributed by atoms with Gasteiger partial charge in [-0.1, -0.05) is 18.2 Å². The number of likely N-dealkylation sites (N-methyl/N-ethyl adjacent to an activating group) is 1. The summed E-state index contributed by atoms with van der Waals surface area (Å²) in [6.45, 7) is 10.8. The lowest BCUT2D eigenvalue weighted by atomic mass is 10.0. The van der Waals surface area contributed by atoms with Crippen molar-refractivity contribution in [2.45, 2.75) is 45.9 Å². The quantitative estimate of drug-likeness (QED) is 0.200. The predicted molar refractivity (Wildman–Crippen MR) is 149 cm³/mol. The zero-order chi connectivity index (χ0) is 28.2. The molecule has 2 aromatic carbocycles. The molecule has 0 atom stereocenters. The van der Waals surface area contributed by atoms with Crippen molar-refractivity contribution in [1.82, 2.24) is 19.5 Å². The minimum Gasteiger partial charge on any atom is -0.491 e. The van der Waals surface area contributed by atoms with E-state index in [4.69, 9.17) is 19.0 Å². The molecule has 0 saturated heterocycles. The van der Waals surface area contributed by atoms with Gasteiger partial charge < -0.3 is 9.64 Å². The lowest BCUT2D eigenvalue weighted by Crippen LogP contribution is -2.31. The average Bonchev–Trinajstić information content (AvgIpc) is 3.26. The van der Waals surface area contributed by atoms with Gasteiger partial charge in [0, 0.05) is 35.6 Å². The summed E-state index contributed by atoms with van der Waals surface area (Å²) in [5.74, 6) is 0.586. The molecule has 4 aromatic rings. The Bertz CT molecular complexity index is 1580. The minimum absolute atomic E-state index is 0.0257. The summed E-state index contributed by atoms with van der Waals surface area (Å²) < 4.78 is 37.6. The number of hydrogen-bond acceptors (Lipinski definition) is 7. The van der Waals surface area contributed by atoms with Gasteiger partial charge in [0.1, 0.15) is 19.0 Å². The van der Waals surface area contributed by atoms with Crippen LogP contribution in [0.3, 0.4) is 0 Å².